The minimum atomic E-state index is -0.394. The molecule has 0 aliphatic carbocycles. The molecule has 1 aromatic carbocycles. The fourth-order valence-corrected chi connectivity index (χ4v) is 2.13. The highest BCUT2D eigenvalue weighted by Crippen LogP contribution is 2.36. The molecular formula is C21H32O5. The molecule has 0 amide bonds. The molecule has 0 heterocycles. The van der Waals surface area contributed by atoms with E-state index in [9.17, 15) is 4.79 Å². The third-order valence-electron chi connectivity index (χ3n) is 3.21. The van der Waals surface area contributed by atoms with Crippen LogP contribution in [0.4, 0.5) is 0 Å². The highest BCUT2D eigenvalue weighted by atomic mass is 16.5. The van der Waals surface area contributed by atoms with Crippen LogP contribution in [0.25, 0.3) is 6.08 Å². The summed E-state index contributed by atoms with van der Waals surface area (Å²) in [6.45, 7) is 11.5. The van der Waals surface area contributed by atoms with Gasteiger partial charge in [-0.05, 0) is 39.2 Å². The molecule has 0 spiro atoms. The lowest BCUT2D eigenvalue weighted by Crippen LogP contribution is -2.08. The van der Waals surface area contributed by atoms with Crippen molar-refractivity contribution in [2.24, 2.45) is 0 Å². The number of carbonyl (C=O) groups excluding carboxylic acids is 1. The Morgan fingerprint density at radius 3 is 1.88 bits per heavy atom. The van der Waals surface area contributed by atoms with Crippen LogP contribution in [0, 0.1) is 0 Å². The van der Waals surface area contributed by atoms with Crippen molar-refractivity contribution >= 4 is 12.0 Å². The number of ether oxygens (including phenoxy) is 4. The fraction of sp³-hybridized carbons (Fsp3) is 0.571. The van der Waals surface area contributed by atoms with Crippen LogP contribution >= 0.6 is 0 Å². The van der Waals surface area contributed by atoms with E-state index in [1.54, 1.807) is 6.08 Å². The molecule has 0 aromatic heterocycles. The highest BCUT2D eigenvalue weighted by Gasteiger charge is 2.13. The third kappa shape index (κ3) is 7.81. The van der Waals surface area contributed by atoms with Crippen LogP contribution in [-0.2, 0) is 9.53 Å². The van der Waals surface area contributed by atoms with Crippen molar-refractivity contribution in [2.75, 3.05) is 19.8 Å². The van der Waals surface area contributed by atoms with Gasteiger partial charge in [0, 0.05) is 18.2 Å². The molecule has 146 valence electrons. The number of esters is 1. The first kappa shape index (κ1) is 21.9. The molecule has 0 fully saturated rings. The van der Waals surface area contributed by atoms with Crippen molar-refractivity contribution < 1.29 is 23.7 Å². The first-order valence-corrected chi connectivity index (χ1v) is 9.46. The lowest BCUT2D eigenvalue weighted by Gasteiger charge is -2.16. The summed E-state index contributed by atoms with van der Waals surface area (Å²) in [6, 6.07) is 3.69. The summed E-state index contributed by atoms with van der Waals surface area (Å²) in [7, 11) is 0. The van der Waals surface area contributed by atoms with Gasteiger partial charge in [0.2, 0.25) is 0 Å². The molecule has 1 aromatic rings. The van der Waals surface area contributed by atoms with Crippen molar-refractivity contribution in [3.8, 4) is 17.2 Å². The standard InChI is InChI=1S/C21H32O5/c1-6-11-23-17-14-19(24-12-7-2)18(20(15-17)25-13-8-3)9-10-21(22)26-16(4)5/h9-10,14-16H,6-8,11-13H2,1-5H3. The van der Waals surface area contributed by atoms with Gasteiger partial charge >= 0.3 is 5.97 Å². The second-order valence-electron chi connectivity index (χ2n) is 6.20. The second kappa shape index (κ2) is 12.2. The normalized spacial score (nSPS) is 11.0. The summed E-state index contributed by atoms with van der Waals surface area (Å²) in [5.41, 5.74) is 0.719. The van der Waals surface area contributed by atoms with Gasteiger partial charge in [-0.25, -0.2) is 4.79 Å². The van der Waals surface area contributed by atoms with Gasteiger partial charge in [0.1, 0.15) is 17.2 Å². The maximum absolute atomic E-state index is 11.9. The first-order chi connectivity index (χ1) is 12.5. The van der Waals surface area contributed by atoms with Gasteiger partial charge in [-0.3, -0.25) is 0 Å². The molecule has 26 heavy (non-hydrogen) atoms. The van der Waals surface area contributed by atoms with Crippen LogP contribution in [0.5, 0.6) is 17.2 Å². The molecule has 0 saturated carbocycles. The number of hydrogen-bond acceptors (Lipinski definition) is 5. The van der Waals surface area contributed by atoms with Crippen LogP contribution in [0.15, 0.2) is 18.2 Å². The molecule has 0 aliphatic heterocycles. The summed E-state index contributed by atoms with van der Waals surface area (Å²) >= 11 is 0. The van der Waals surface area contributed by atoms with Crippen molar-refractivity contribution in [2.45, 2.75) is 60.0 Å². The van der Waals surface area contributed by atoms with E-state index in [0.29, 0.717) is 37.1 Å². The SMILES string of the molecule is CCCOc1cc(OCCC)c(C=CC(=O)OC(C)C)c(OCCC)c1. The average Bonchev–Trinajstić information content (AvgIpc) is 2.61. The van der Waals surface area contributed by atoms with Gasteiger partial charge in [0.25, 0.3) is 0 Å². The van der Waals surface area contributed by atoms with E-state index in [0.717, 1.165) is 24.8 Å². The zero-order chi connectivity index (χ0) is 19.4. The van der Waals surface area contributed by atoms with Gasteiger partial charge < -0.3 is 18.9 Å². The maximum Gasteiger partial charge on any atom is 0.331 e. The van der Waals surface area contributed by atoms with Crippen LogP contribution < -0.4 is 14.2 Å². The van der Waals surface area contributed by atoms with E-state index in [1.165, 1.54) is 6.08 Å². The summed E-state index contributed by atoms with van der Waals surface area (Å²) in [6.07, 6.45) is 5.60. The van der Waals surface area contributed by atoms with E-state index in [-0.39, 0.29) is 6.10 Å². The zero-order valence-corrected chi connectivity index (χ0v) is 16.7. The highest BCUT2D eigenvalue weighted by molar-refractivity contribution is 5.88. The van der Waals surface area contributed by atoms with Gasteiger partial charge in [0.05, 0.1) is 31.5 Å². The molecule has 5 nitrogen and oxygen atoms in total. The molecule has 0 N–H and O–H groups in total. The molecule has 0 aliphatic rings. The molecule has 0 bridgehead atoms. The Bertz CT molecular complexity index is 549. The largest absolute Gasteiger partial charge is 0.493 e. The van der Waals surface area contributed by atoms with Gasteiger partial charge in [-0.1, -0.05) is 20.8 Å². The smallest absolute Gasteiger partial charge is 0.331 e. The second-order valence-corrected chi connectivity index (χ2v) is 6.20. The molecule has 1 rings (SSSR count). The summed E-state index contributed by atoms with van der Waals surface area (Å²) < 4.78 is 22.7. The third-order valence-corrected chi connectivity index (χ3v) is 3.21. The Morgan fingerprint density at radius 2 is 1.42 bits per heavy atom. The molecular weight excluding hydrogens is 332 g/mol. The predicted molar refractivity (Wildman–Crippen MR) is 104 cm³/mol. The molecule has 0 saturated heterocycles. The number of hydrogen-bond donors (Lipinski definition) is 0. The average molecular weight is 364 g/mol. The van der Waals surface area contributed by atoms with Crippen molar-refractivity contribution in [1.29, 1.82) is 0 Å². The number of rotatable bonds is 12. The van der Waals surface area contributed by atoms with E-state index in [1.807, 2.05) is 39.8 Å². The Kier molecular flexibility index (Phi) is 10.3. The monoisotopic (exact) mass is 364 g/mol. The van der Waals surface area contributed by atoms with Crippen molar-refractivity contribution in [3.05, 3.63) is 23.8 Å². The molecule has 0 unspecified atom stereocenters. The van der Waals surface area contributed by atoms with E-state index in [4.69, 9.17) is 18.9 Å². The van der Waals surface area contributed by atoms with Gasteiger partial charge in [-0.2, -0.15) is 0 Å². The minimum absolute atomic E-state index is 0.163. The summed E-state index contributed by atoms with van der Waals surface area (Å²) in [4.78, 5) is 11.9. The molecule has 0 atom stereocenters. The molecule has 0 radical (unpaired) electrons. The number of benzene rings is 1. The fourth-order valence-electron chi connectivity index (χ4n) is 2.13. The topological polar surface area (TPSA) is 54.0 Å². The van der Waals surface area contributed by atoms with Crippen LogP contribution in [0.1, 0.15) is 59.4 Å². The Labute approximate surface area is 157 Å². The van der Waals surface area contributed by atoms with E-state index >= 15 is 0 Å². The van der Waals surface area contributed by atoms with E-state index < -0.39 is 5.97 Å². The van der Waals surface area contributed by atoms with Crippen LogP contribution in [-0.4, -0.2) is 31.9 Å². The maximum atomic E-state index is 11.9. The van der Waals surface area contributed by atoms with E-state index in [2.05, 4.69) is 6.92 Å². The van der Waals surface area contributed by atoms with Crippen molar-refractivity contribution in [3.63, 3.8) is 0 Å². The molecule has 5 heteroatoms. The van der Waals surface area contributed by atoms with Gasteiger partial charge in [-0.15, -0.1) is 0 Å². The lowest BCUT2D eigenvalue weighted by molar-refractivity contribution is -0.141. The Morgan fingerprint density at radius 1 is 0.923 bits per heavy atom. The Balaban J connectivity index is 3.21. The Hall–Kier alpha value is -2.17. The predicted octanol–water partition coefficient (Wildman–Crippen LogP) is 5.02. The van der Waals surface area contributed by atoms with Crippen LogP contribution in [0.3, 0.4) is 0 Å². The lowest BCUT2D eigenvalue weighted by atomic mass is 10.1. The zero-order valence-electron chi connectivity index (χ0n) is 16.7. The summed E-state index contributed by atoms with van der Waals surface area (Å²) in [5, 5.41) is 0. The first-order valence-electron chi connectivity index (χ1n) is 9.46. The summed E-state index contributed by atoms with van der Waals surface area (Å²) in [5.74, 6) is 1.58. The minimum Gasteiger partial charge on any atom is -0.493 e. The van der Waals surface area contributed by atoms with Crippen LogP contribution in [0.2, 0.25) is 0 Å². The number of carbonyl (C=O) groups is 1. The van der Waals surface area contributed by atoms with Crippen molar-refractivity contribution in [1.82, 2.24) is 0 Å². The van der Waals surface area contributed by atoms with Gasteiger partial charge in [0.15, 0.2) is 0 Å². The quantitative estimate of drug-likeness (QED) is 0.385.